The third kappa shape index (κ3) is 3.90. The predicted octanol–water partition coefficient (Wildman–Crippen LogP) is 4.32. The number of nitrogens with one attached hydrogen (secondary N) is 1. The van der Waals surface area contributed by atoms with Gasteiger partial charge in [0.05, 0.1) is 5.69 Å². The highest BCUT2D eigenvalue weighted by atomic mass is 79.9. The Labute approximate surface area is 121 Å². The number of hydrogen-bond donors (Lipinski definition) is 1. The van der Waals surface area contributed by atoms with Crippen molar-refractivity contribution >= 4 is 27.3 Å². The van der Waals surface area contributed by atoms with Crippen molar-refractivity contribution in [2.24, 2.45) is 5.92 Å². The van der Waals surface area contributed by atoms with Gasteiger partial charge in [-0.25, -0.2) is 4.98 Å². The fourth-order valence-electron chi connectivity index (χ4n) is 1.60. The Morgan fingerprint density at radius 1 is 1.28 bits per heavy atom. The van der Waals surface area contributed by atoms with Crippen LogP contribution in [0.2, 0.25) is 0 Å². The number of halogens is 1. The molecule has 0 unspecified atom stereocenters. The summed E-state index contributed by atoms with van der Waals surface area (Å²) in [5, 5.41) is 6.63. The summed E-state index contributed by atoms with van der Waals surface area (Å²) < 4.78 is 1.10. The lowest BCUT2D eigenvalue weighted by atomic mass is 10.2. The van der Waals surface area contributed by atoms with Gasteiger partial charge in [0.1, 0.15) is 5.01 Å². The minimum Gasteiger partial charge on any atom is -0.311 e. The lowest BCUT2D eigenvalue weighted by Gasteiger charge is -2.04. The van der Waals surface area contributed by atoms with E-state index in [2.05, 4.69) is 57.6 Å². The van der Waals surface area contributed by atoms with E-state index in [4.69, 9.17) is 0 Å². The van der Waals surface area contributed by atoms with Crippen LogP contribution in [0.1, 0.15) is 19.5 Å². The number of hydrogen-bond acceptors (Lipinski definition) is 3. The Morgan fingerprint density at radius 2 is 2.00 bits per heavy atom. The third-order valence-corrected chi connectivity index (χ3v) is 3.97. The molecule has 0 atom stereocenters. The molecule has 0 bridgehead atoms. The summed E-state index contributed by atoms with van der Waals surface area (Å²) in [6, 6.07) is 8.28. The summed E-state index contributed by atoms with van der Waals surface area (Å²) >= 11 is 5.14. The molecule has 1 aromatic heterocycles. The lowest BCUT2D eigenvalue weighted by molar-refractivity contribution is 0.549. The first-order valence-corrected chi connectivity index (χ1v) is 7.73. The quantitative estimate of drug-likeness (QED) is 0.886. The van der Waals surface area contributed by atoms with Gasteiger partial charge in [0.2, 0.25) is 0 Å². The molecule has 1 N–H and O–H groups in total. The first-order valence-electron chi connectivity index (χ1n) is 6.06. The standard InChI is InChI=1S/C14H17BrN2S/c1-10(2)7-16-8-13-9-18-14(17-13)11-3-5-12(15)6-4-11/h3-6,9-10,16H,7-8H2,1-2H3. The normalized spacial score (nSPS) is 11.1. The molecule has 0 fully saturated rings. The number of benzene rings is 1. The average Bonchev–Trinajstić information content (AvgIpc) is 2.78. The van der Waals surface area contributed by atoms with E-state index in [9.17, 15) is 0 Å². The smallest absolute Gasteiger partial charge is 0.123 e. The van der Waals surface area contributed by atoms with Gasteiger partial charge in [-0.2, -0.15) is 0 Å². The molecule has 0 aliphatic rings. The second kappa shape index (κ2) is 6.45. The maximum Gasteiger partial charge on any atom is 0.123 e. The molecule has 1 aromatic carbocycles. The number of nitrogens with zero attached hydrogens (tertiary/aromatic N) is 1. The van der Waals surface area contributed by atoms with Crippen LogP contribution in [0.5, 0.6) is 0 Å². The van der Waals surface area contributed by atoms with Crippen LogP contribution in [0.3, 0.4) is 0 Å². The first kappa shape index (κ1) is 13.7. The van der Waals surface area contributed by atoms with Crippen LogP contribution in [0, 0.1) is 5.92 Å². The van der Waals surface area contributed by atoms with E-state index in [1.165, 1.54) is 5.56 Å². The Balaban J connectivity index is 1.99. The van der Waals surface area contributed by atoms with Crippen LogP contribution in [0.25, 0.3) is 10.6 Å². The molecule has 0 radical (unpaired) electrons. The van der Waals surface area contributed by atoms with Gasteiger partial charge in [0.15, 0.2) is 0 Å². The van der Waals surface area contributed by atoms with E-state index >= 15 is 0 Å². The molecule has 2 aromatic rings. The zero-order valence-corrected chi connectivity index (χ0v) is 13.0. The molecule has 18 heavy (non-hydrogen) atoms. The van der Waals surface area contributed by atoms with Crippen LogP contribution in [0.15, 0.2) is 34.1 Å². The molecule has 2 rings (SSSR count). The van der Waals surface area contributed by atoms with Gasteiger partial charge in [-0.05, 0) is 24.6 Å². The van der Waals surface area contributed by atoms with Crippen molar-refractivity contribution in [3.63, 3.8) is 0 Å². The second-order valence-electron chi connectivity index (χ2n) is 4.68. The van der Waals surface area contributed by atoms with Crippen molar-refractivity contribution in [3.8, 4) is 10.6 Å². The van der Waals surface area contributed by atoms with E-state index in [1.807, 2.05) is 12.1 Å². The summed E-state index contributed by atoms with van der Waals surface area (Å²) in [5.74, 6) is 0.676. The third-order valence-electron chi connectivity index (χ3n) is 2.50. The first-order chi connectivity index (χ1) is 8.65. The Bertz CT molecular complexity index is 491. The van der Waals surface area contributed by atoms with E-state index < -0.39 is 0 Å². The molecule has 2 nitrogen and oxygen atoms in total. The number of thiazole rings is 1. The van der Waals surface area contributed by atoms with E-state index in [0.29, 0.717) is 5.92 Å². The van der Waals surface area contributed by atoms with Gasteiger partial charge in [-0.15, -0.1) is 11.3 Å². The molecule has 0 aliphatic carbocycles. The van der Waals surface area contributed by atoms with Gasteiger partial charge in [-0.1, -0.05) is 41.9 Å². The summed E-state index contributed by atoms with van der Waals surface area (Å²) in [6.07, 6.45) is 0. The van der Waals surface area contributed by atoms with Crippen molar-refractivity contribution < 1.29 is 0 Å². The SMILES string of the molecule is CC(C)CNCc1csc(-c2ccc(Br)cc2)n1. The molecule has 0 aliphatic heterocycles. The summed E-state index contributed by atoms with van der Waals surface area (Å²) in [5.41, 5.74) is 2.30. The maximum atomic E-state index is 4.65. The highest BCUT2D eigenvalue weighted by molar-refractivity contribution is 9.10. The van der Waals surface area contributed by atoms with Crippen molar-refractivity contribution in [1.82, 2.24) is 10.3 Å². The van der Waals surface area contributed by atoms with Crippen molar-refractivity contribution in [2.45, 2.75) is 20.4 Å². The Morgan fingerprint density at radius 3 is 2.67 bits per heavy atom. The zero-order valence-electron chi connectivity index (χ0n) is 10.6. The summed E-state index contributed by atoms with van der Waals surface area (Å²) in [4.78, 5) is 4.65. The summed E-state index contributed by atoms with van der Waals surface area (Å²) in [6.45, 7) is 6.30. The zero-order chi connectivity index (χ0) is 13.0. The van der Waals surface area contributed by atoms with Gasteiger partial charge in [0, 0.05) is 22.0 Å². The number of aromatic nitrogens is 1. The molecule has 0 spiro atoms. The molecular formula is C14H17BrN2S. The van der Waals surface area contributed by atoms with Gasteiger partial charge in [-0.3, -0.25) is 0 Å². The van der Waals surface area contributed by atoms with Crippen LogP contribution in [-0.4, -0.2) is 11.5 Å². The number of rotatable bonds is 5. The van der Waals surface area contributed by atoms with Gasteiger partial charge < -0.3 is 5.32 Å². The van der Waals surface area contributed by atoms with Gasteiger partial charge >= 0.3 is 0 Å². The van der Waals surface area contributed by atoms with Crippen molar-refractivity contribution in [3.05, 3.63) is 39.8 Å². The monoisotopic (exact) mass is 324 g/mol. The van der Waals surface area contributed by atoms with E-state index in [1.54, 1.807) is 11.3 Å². The average molecular weight is 325 g/mol. The van der Waals surface area contributed by atoms with Crippen molar-refractivity contribution in [1.29, 1.82) is 0 Å². The molecule has 4 heteroatoms. The van der Waals surface area contributed by atoms with Crippen LogP contribution >= 0.6 is 27.3 Å². The fourth-order valence-corrected chi connectivity index (χ4v) is 2.69. The van der Waals surface area contributed by atoms with Crippen LogP contribution in [0.4, 0.5) is 0 Å². The molecule has 96 valence electrons. The lowest BCUT2D eigenvalue weighted by Crippen LogP contribution is -2.19. The Kier molecular flexibility index (Phi) is 4.92. The molecule has 0 saturated carbocycles. The Hall–Kier alpha value is -0.710. The fraction of sp³-hybridized carbons (Fsp3) is 0.357. The highest BCUT2D eigenvalue weighted by Crippen LogP contribution is 2.25. The minimum absolute atomic E-state index is 0.676. The summed E-state index contributed by atoms with van der Waals surface area (Å²) in [7, 11) is 0. The highest BCUT2D eigenvalue weighted by Gasteiger charge is 2.04. The topological polar surface area (TPSA) is 24.9 Å². The minimum atomic E-state index is 0.676. The maximum absolute atomic E-state index is 4.65. The van der Waals surface area contributed by atoms with Crippen LogP contribution < -0.4 is 5.32 Å². The van der Waals surface area contributed by atoms with E-state index in [-0.39, 0.29) is 0 Å². The molecule has 0 amide bonds. The second-order valence-corrected chi connectivity index (χ2v) is 6.45. The van der Waals surface area contributed by atoms with Gasteiger partial charge in [0.25, 0.3) is 0 Å². The van der Waals surface area contributed by atoms with Crippen molar-refractivity contribution in [2.75, 3.05) is 6.54 Å². The largest absolute Gasteiger partial charge is 0.311 e. The van der Waals surface area contributed by atoms with E-state index in [0.717, 1.165) is 28.3 Å². The van der Waals surface area contributed by atoms with Crippen LogP contribution in [-0.2, 0) is 6.54 Å². The molecule has 0 saturated heterocycles. The molecular weight excluding hydrogens is 308 g/mol. The predicted molar refractivity (Wildman–Crippen MR) is 81.8 cm³/mol. The molecule has 1 heterocycles.